The van der Waals surface area contributed by atoms with Crippen molar-refractivity contribution in [3.05, 3.63) is 67.2 Å². The molecule has 0 radical (unpaired) electrons. The summed E-state index contributed by atoms with van der Waals surface area (Å²) in [5.74, 6) is -4.98. The number of hydrogen-bond acceptors (Lipinski definition) is 8. The second-order valence-electron chi connectivity index (χ2n) is 9.62. The first-order chi connectivity index (χ1) is 17.1. The number of halogens is 3. The first-order valence-corrected chi connectivity index (χ1v) is 12.3. The summed E-state index contributed by atoms with van der Waals surface area (Å²) in [5.41, 5.74) is 10.7. The van der Waals surface area contributed by atoms with Crippen molar-refractivity contribution < 1.29 is 22.7 Å². The van der Waals surface area contributed by atoms with Gasteiger partial charge in [-0.05, 0) is 31.2 Å². The van der Waals surface area contributed by atoms with E-state index in [0.29, 0.717) is 19.2 Å². The van der Waals surface area contributed by atoms with Crippen LogP contribution in [0.4, 0.5) is 24.7 Å². The number of pyridine rings is 1. The van der Waals surface area contributed by atoms with Gasteiger partial charge in [-0.15, -0.1) is 0 Å². The summed E-state index contributed by atoms with van der Waals surface area (Å²) in [6.07, 6.45) is 2.60. The van der Waals surface area contributed by atoms with E-state index in [0.717, 1.165) is 36.9 Å². The van der Waals surface area contributed by atoms with Crippen molar-refractivity contribution in [2.45, 2.75) is 30.7 Å². The fourth-order valence-electron chi connectivity index (χ4n) is 5.55. The second-order valence-corrected chi connectivity index (χ2v) is 10.5. The first-order valence-electron chi connectivity index (χ1n) is 11.5. The number of hydrogen-bond donors (Lipinski definition) is 3. The molecule has 1 saturated carbocycles. The lowest BCUT2D eigenvalue weighted by molar-refractivity contribution is 0.103. The van der Waals surface area contributed by atoms with Gasteiger partial charge in [0.2, 0.25) is 0 Å². The molecule has 36 heavy (non-hydrogen) atoms. The van der Waals surface area contributed by atoms with Crippen molar-refractivity contribution in [2.75, 3.05) is 30.8 Å². The third-order valence-corrected chi connectivity index (χ3v) is 8.55. The molecule has 0 spiro atoms. The number of methoxy groups -OCH3 is 1. The molecular weight excluding hydrogens is 495 g/mol. The Balaban J connectivity index is 1.59. The Bertz CT molecular complexity index is 1500. The average molecular weight is 518 g/mol. The second kappa shape index (κ2) is 7.81. The summed E-state index contributed by atoms with van der Waals surface area (Å²) < 4.78 is 53.0. The topological polar surface area (TPSA) is 127 Å². The number of nitrogen functional groups attached to an aromatic ring is 1. The van der Waals surface area contributed by atoms with Crippen LogP contribution in [0.5, 0.6) is 5.75 Å². The van der Waals surface area contributed by atoms with Crippen LogP contribution in [-0.2, 0) is 0 Å². The predicted octanol–water partition coefficient (Wildman–Crippen LogP) is 2.88. The summed E-state index contributed by atoms with van der Waals surface area (Å²) in [5, 5.41) is 0. The van der Waals surface area contributed by atoms with E-state index in [1.165, 1.54) is 7.11 Å². The van der Waals surface area contributed by atoms with Crippen LogP contribution in [0.25, 0.3) is 0 Å². The molecule has 1 unspecified atom stereocenters. The first kappa shape index (κ1) is 23.0. The van der Waals surface area contributed by atoms with Crippen LogP contribution in [0.1, 0.15) is 57.2 Å². The minimum Gasteiger partial charge on any atom is -0.494 e. The maximum atomic E-state index is 15.7. The number of carbonyl (C=O) groups is 1. The molecule has 2 aromatic heterocycles. The SMILES string of the molecule is COc1c2c(cc(F)c1N1CC[C@@H](C3(N)CC3)C1)C(=O)c1c(s[nH]c1=O)C2c1nc(N)c(F)cc1F. The van der Waals surface area contributed by atoms with Crippen LogP contribution in [0.3, 0.4) is 0 Å². The quantitative estimate of drug-likeness (QED) is 0.380. The van der Waals surface area contributed by atoms with Gasteiger partial charge in [0.1, 0.15) is 22.8 Å². The van der Waals surface area contributed by atoms with Gasteiger partial charge in [-0.2, -0.15) is 0 Å². The number of aromatic amines is 1. The number of anilines is 2. The smallest absolute Gasteiger partial charge is 0.269 e. The van der Waals surface area contributed by atoms with Gasteiger partial charge in [0.15, 0.2) is 23.2 Å². The highest BCUT2D eigenvalue weighted by Crippen LogP contribution is 2.52. The van der Waals surface area contributed by atoms with Gasteiger partial charge in [-0.25, -0.2) is 18.2 Å². The van der Waals surface area contributed by atoms with Crippen molar-refractivity contribution in [3.8, 4) is 5.75 Å². The molecule has 0 bridgehead atoms. The van der Waals surface area contributed by atoms with E-state index in [4.69, 9.17) is 16.2 Å². The van der Waals surface area contributed by atoms with Gasteiger partial charge in [-0.1, -0.05) is 11.5 Å². The lowest BCUT2D eigenvalue weighted by atomic mass is 9.79. The summed E-state index contributed by atoms with van der Waals surface area (Å²) in [6.45, 7) is 1.02. The van der Waals surface area contributed by atoms with Crippen molar-refractivity contribution in [1.29, 1.82) is 0 Å². The largest absolute Gasteiger partial charge is 0.494 e. The van der Waals surface area contributed by atoms with Crippen LogP contribution in [0.15, 0.2) is 16.9 Å². The van der Waals surface area contributed by atoms with Crippen LogP contribution in [0, 0.1) is 23.4 Å². The van der Waals surface area contributed by atoms with Gasteiger partial charge in [0.05, 0.1) is 23.6 Å². The minimum absolute atomic E-state index is 0.0291. The van der Waals surface area contributed by atoms with E-state index in [2.05, 4.69) is 9.36 Å². The Hall–Kier alpha value is -3.38. The van der Waals surface area contributed by atoms with Crippen LogP contribution in [0.2, 0.25) is 0 Å². The molecule has 6 rings (SSSR count). The molecule has 2 fully saturated rings. The van der Waals surface area contributed by atoms with Crippen molar-refractivity contribution >= 4 is 28.8 Å². The number of aromatic nitrogens is 2. The summed E-state index contributed by atoms with van der Waals surface area (Å²) >= 11 is 0.836. The van der Waals surface area contributed by atoms with Crippen molar-refractivity contribution in [2.24, 2.45) is 11.7 Å². The predicted molar refractivity (Wildman–Crippen MR) is 127 cm³/mol. The number of H-pyrrole nitrogens is 1. The molecule has 1 aliphatic heterocycles. The van der Waals surface area contributed by atoms with E-state index in [1.54, 1.807) is 0 Å². The average Bonchev–Trinajstić information content (AvgIpc) is 3.23. The minimum atomic E-state index is -1.16. The zero-order valence-electron chi connectivity index (χ0n) is 19.2. The monoisotopic (exact) mass is 517 g/mol. The molecule has 1 aromatic carbocycles. The molecule has 3 aromatic rings. The molecule has 3 heterocycles. The molecule has 0 amide bonds. The normalized spacial score (nSPS) is 21.9. The maximum absolute atomic E-state index is 15.7. The Kier molecular flexibility index (Phi) is 5.00. The molecule has 188 valence electrons. The number of nitrogens with two attached hydrogens (primary N) is 2. The highest BCUT2D eigenvalue weighted by Gasteiger charge is 2.49. The molecule has 3 aliphatic rings. The fourth-order valence-corrected chi connectivity index (χ4v) is 6.49. The van der Waals surface area contributed by atoms with Crippen molar-refractivity contribution in [1.82, 2.24) is 9.36 Å². The number of carbonyl (C=O) groups excluding carboxylic acids is 1. The van der Waals surface area contributed by atoms with E-state index in [-0.39, 0.29) is 50.2 Å². The number of rotatable bonds is 4. The standard InChI is InChI=1S/C24H22F3N5O3S/c1-35-20-14-10(6-12(26)18(20)32-5-2-9(8-32)24(29)3-4-24)19(33)16-21(36-31-23(16)34)15(14)17-11(25)7-13(27)22(28)30-17/h6-7,9,15H,2-5,8,29H2,1H3,(H2,28,30)(H,31,34)/t9-,15?/m1/s1. The molecule has 5 N–H and O–H groups in total. The molecular formula is C24H22F3N5O3S. The number of benzene rings is 1. The van der Waals surface area contributed by atoms with Crippen LogP contribution >= 0.6 is 11.5 Å². The fraction of sp³-hybridized carbons (Fsp3) is 0.375. The number of nitrogens with one attached hydrogen (secondary N) is 1. The summed E-state index contributed by atoms with van der Waals surface area (Å²) in [7, 11) is 1.33. The lowest BCUT2D eigenvalue weighted by Gasteiger charge is -2.30. The number of ketones is 1. The summed E-state index contributed by atoms with van der Waals surface area (Å²) in [6, 6.07) is 1.65. The Labute approximate surface area is 207 Å². The van der Waals surface area contributed by atoms with Gasteiger partial charge in [0, 0.05) is 35.8 Å². The van der Waals surface area contributed by atoms with Crippen LogP contribution in [-0.4, -0.2) is 40.9 Å². The zero-order chi connectivity index (χ0) is 25.5. The number of nitrogens with zero attached hydrogens (tertiary/aromatic N) is 2. The van der Waals surface area contributed by atoms with Crippen LogP contribution < -0.4 is 26.7 Å². The van der Waals surface area contributed by atoms with Gasteiger partial charge in [-0.3, -0.25) is 14.0 Å². The number of ether oxygens (including phenoxy) is 1. The van der Waals surface area contributed by atoms with Gasteiger partial charge < -0.3 is 21.1 Å². The Morgan fingerprint density at radius 2 is 1.94 bits per heavy atom. The van der Waals surface area contributed by atoms with E-state index in [9.17, 15) is 14.0 Å². The third kappa shape index (κ3) is 3.20. The number of fused-ring (bicyclic) bond motifs is 2. The highest BCUT2D eigenvalue weighted by molar-refractivity contribution is 7.06. The van der Waals surface area contributed by atoms with Gasteiger partial charge >= 0.3 is 0 Å². The molecule has 2 aliphatic carbocycles. The van der Waals surface area contributed by atoms with E-state index >= 15 is 8.78 Å². The third-order valence-electron chi connectivity index (χ3n) is 7.60. The van der Waals surface area contributed by atoms with Gasteiger partial charge in [0.25, 0.3) is 5.56 Å². The lowest BCUT2D eigenvalue weighted by Crippen LogP contribution is -2.35. The maximum Gasteiger partial charge on any atom is 0.269 e. The van der Waals surface area contributed by atoms with Crippen molar-refractivity contribution in [3.63, 3.8) is 0 Å². The molecule has 12 heteroatoms. The molecule has 8 nitrogen and oxygen atoms in total. The Morgan fingerprint density at radius 3 is 2.64 bits per heavy atom. The molecule has 2 atom stereocenters. The van der Waals surface area contributed by atoms with E-state index in [1.807, 2.05) is 4.90 Å². The Morgan fingerprint density at radius 1 is 1.19 bits per heavy atom. The molecule has 1 saturated heterocycles. The highest BCUT2D eigenvalue weighted by atomic mass is 32.1. The van der Waals surface area contributed by atoms with E-state index < -0.39 is 40.5 Å². The zero-order valence-corrected chi connectivity index (χ0v) is 20.0. The summed E-state index contributed by atoms with van der Waals surface area (Å²) in [4.78, 5) is 31.8.